The van der Waals surface area contributed by atoms with Crippen LogP contribution >= 0.6 is 0 Å². The number of H-pyrrole nitrogens is 1. The Morgan fingerprint density at radius 2 is 1.97 bits per heavy atom. The summed E-state index contributed by atoms with van der Waals surface area (Å²) in [5.74, 6) is 0.176. The van der Waals surface area contributed by atoms with Gasteiger partial charge in [-0.25, -0.2) is 0 Å². The monoisotopic (exact) mass is 405 g/mol. The molecular formula is C23H27N5O2. The van der Waals surface area contributed by atoms with E-state index in [0.717, 1.165) is 49.2 Å². The van der Waals surface area contributed by atoms with Gasteiger partial charge in [0.25, 0.3) is 5.91 Å². The number of para-hydroxylation sites is 1. The van der Waals surface area contributed by atoms with Gasteiger partial charge in [0.15, 0.2) is 0 Å². The molecule has 1 unspecified atom stereocenters. The lowest BCUT2D eigenvalue weighted by molar-refractivity contribution is -0.132. The van der Waals surface area contributed by atoms with Crippen LogP contribution in [0.1, 0.15) is 59.4 Å². The molecule has 0 radical (unpaired) electrons. The highest BCUT2D eigenvalue weighted by Crippen LogP contribution is 2.49. The molecule has 6 rings (SSSR count). The maximum atomic E-state index is 13.4. The van der Waals surface area contributed by atoms with Gasteiger partial charge in [-0.1, -0.05) is 18.2 Å². The molecule has 3 aliphatic heterocycles. The van der Waals surface area contributed by atoms with Gasteiger partial charge in [-0.3, -0.25) is 14.7 Å². The maximum Gasteiger partial charge on any atom is 0.272 e. The second-order valence-electron chi connectivity index (χ2n) is 9.23. The molecular weight excluding hydrogens is 378 g/mol. The zero-order valence-corrected chi connectivity index (χ0v) is 17.1. The number of benzene rings is 1. The Labute approximate surface area is 175 Å². The lowest BCUT2D eigenvalue weighted by Crippen LogP contribution is -2.47. The molecule has 1 atom stereocenters. The van der Waals surface area contributed by atoms with E-state index in [1.165, 1.54) is 12.0 Å². The minimum atomic E-state index is -0.230. The summed E-state index contributed by atoms with van der Waals surface area (Å²) in [5.41, 5.74) is 4.78. The molecule has 2 N–H and O–H groups in total. The summed E-state index contributed by atoms with van der Waals surface area (Å²) < 4.78 is 0. The molecule has 1 aliphatic carbocycles. The van der Waals surface area contributed by atoms with Crippen molar-refractivity contribution in [3.8, 4) is 0 Å². The summed E-state index contributed by atoms with van der Waals surface area (Å²) in [5, 5.41) is 10.8. The molecule has 1 aromatic heterocycles. The average Bonchev–Trinajstić information content (AvgIpc) is 3.23. The van der Waals surface area contributed by atoms with Gasteiger partial charge in [-0.15, -0.1) is 0 Å². The van der Waals surface area contributed by atoms with E-state index < -0.39 is 0 Å². The van der Waals surface area contributed by atoms with Crippen LogP contribution in [0.15, 0.2) is 24.3 Å². The zero-order chi connectivity index (χ0) is 20.3. The lowest BCUT2D eigenvalue weighted by atomic mass is 9.98. The van der Waals surface area contributed by atoms with E-state index in [-0.39, 0.29) is 23.4 Å². The number of anilines is 1. The van der Waals surface area contributed by atoms with Crippen molar-refractivity contribution in [2.75, 3.05) is 18.4 Å². The van der Waals surface area contributed by atoms with Crippen LogP contribution in [-0.4, -0.2) is 56.5 Å². The van der Waals surface area contributed by atoms with Gasteiger partial charge < -0.3 is 15.1 Å². The Morgan fingerprint density at radius 3 is 2.80 bits per heavy atom. The molecule has 2 fully saturated rings. The van der Waals surface area contributed by atoms with Crippen molar-refractivity contribution >= 4 is 17.5 Å². The van der Waals surface area contributed by atoms with Gasteiger partial charge in [-0.2, -0.15) is 5.10 Å². The van der Waals surface area contributed by atoms with Crippen molar-refractivity contribution in [3.05, 3.63) is 46.8 Å². The third-order valence-electron chi connectivity index (χ3n) is 7.43. The number of carbonyl (C=O) groups excluding carboxylic acids is 2. The summed E-state index contributed by atoms with van der Waals surface area (Å²) in [7, 11) is 0. The minimum Gasteiger partial charge on any atom is -0.373 e. The number of piperidine rings is 1. The van der Waals surface area contributed by atoms with Crippen LogP contribution in [0.2, 0.25) is 0 Å². The number of fused-ring (bicyclic) bond motifs is 2. The highest BCUT2D eigenvalue weighted by Gasteiger charge is 2.51. The quantitative estimate of drug-likeness (QED) is 0.804. The van der Waals surface area contributed by atoms with Crippen molar-refractivity contribution in [3.63, 3.8) is 0 Å². The predicted molar refractivity (Wildman–Crippen MR) is 112 cm³/mol. The van der Waals surface area contributed by atoms with Gasteiger partial charge in [0, 0.05) is 49.3 Å². The van der Waals surface area contributed by atoms with Gasteiger partial charge >= 0.3 is 0 Å². The first-order valence-corrected chi connectivity index (χ1v) is 11.2. The summed E-state index contributed by atoms with van der Waals surface area (Å²) in [6, 6.07) is 7.87. The molecule has 1 saturated carbocycles. The largest absolute Gasteiger partial charge is 0.373 e. The van der Waals surface area contributed by atoms with Crippen molar-refractivity contribution < 1.29 is 9.59 Å². The van der Waals surface area contributed by atoms with Crippen molar-refractivity contribution in [2.24, 2.45) is 0 Å². The molecule has 0 bridgehead atoms. The van der Waals surface area contributed by atoms with Crippen LogP contribution < -0.4 is 5.32 Å². The van der Waals surface area contributed by atoms with Crippen LogP contribution in [-0.2, 0) is 24.2 Å². The van der Waals surface area contributed by atoms with E-state index in [9.17, 15) is 9.59 Å². The maximum absolute atomic E-state index is 13.4. The van der Waals surface area contributed by atoms with E-state index in [4.69, 9.17) is 0 Å². The SMILES string of the molecule is O=C(C1Cc2ccccc2N1)N1CCc2n[nH]c(C(=O)N3CCCCC34CC4)c2C1. The first-order valence-electron chi connectivity index (χ1n) is 11.2. The number of aromatic amines is 1. The average molecular weight is 406 g/mol. The number of nitrogens with zero attached hydrogens (tertiary/aromatic N) is 3. The first-order chi connectivity index (χ1) is 14.6. The molecule has 2 aromatic rings. The molecule has 30 heavy (non-hydrogen) atoms. The summed E-state index contributed by atoms with van der Waals surface area (Å²) >= 11 is 0. The molecule has 4 heterocycles. The number of aromatic nitrogens is 2. The molecule has 7 nitrogen and oxygen atoms in total. The van der Waals surface area contributed by atoms with Crippen LogP contribution in [0.4, 0.5) is 5.69 Å². The number of amides is 2. The van der Waals surface area contributed by atoms with Crippen LogP contribution in [0, 0.1) is 0 Å². The molecule has 156 valence electrons. The molecule has 1 saturated heterocycles. The van der Waals surface area contributed by atoms with E-state index in [0.29, 0.717) is 31.6 Å². The smallest absolute Gasteiger partial charge is 0.272 e. The van der Waals surface area contributed by atoms with E-state index >= 15 is 0 Å². The third kappa shape index (κ3) is 2.75. The van der Waals surface area contributed by atoms with Gasteiger partial charge in [0.1, 0.15) is 11.7 Å². The summed E-state index contributed by atoms with van der Waals surface area (Å²) in [6.45, 7) is 1.94. The Kier molecular flexibility index (Phi) is 3.95. The van der Waals surface area contributed by atoms with Crippen LogP contribution in [0.3, 0.4) is 0 Å². The highest BCUT2D eigenvalue weighted by atomic mass is 16.2. The Bertz CT molecular complexity index is 999. The molecule has 2 amide bonds. The normalized spacial score (nSPS) is 23.7. The Morgan fingerprint density at radius 1 is 1.10 bits per heavy atom. The lowest BCUT2D eigenvalue weighted by Gasteiger charge is -2.36. The second kappa shape index (κ2) is 6.59. The topological polar surface area (TPSA) is 81.3 Å². The molecule has 1 aromatic carbocycles. The number of carbonyl (C=O) groups is 2. The van der Waals surface area contributed by atoms with Gasteiger partial charge in [0.05, 0.1) is 5.69 Å². The fraction of sp³-hybridized carbons (Fsp3) is 0.522. The van der Waals surface area contributed by atoms with E-state index in [2.05, 4.69) is 26.5 Å². The number of rotatable bonds is 2. The highest BCUT2D eigenvalue weighted by molar-refractivity contribution is 5.95. The number of likely N-dealkylation sites (tertiary alicyclic amines) is 1. The van der Waals surface area contributed by atoms with Gasteiger partial charge in [-0.05, 0) is 43.7 Å². The van der Waals surface area contributed by atoms with Crippen LogP contribution in [0.5, 0.6) is 0 Å². The molecule has 1 spiro atoms. The fourth-order valence-corrected chi connectivity index (χ4v) is 5.53. The summed E-state index contributed by atoms with van der Waals surface area (Å²) in [6.07, 6.45) is 7.04. The fourth-order valence-electron chi connectivity index (χ4n) is 5.53. The standard InChI is InChI=1S/C23H27N5O2/c29-21(19-13-15-5-1-2-6-17(15)24-19)27-12-7-18-16(14-27)20(26-25-18)22(30)28-11-4-3-8-23(28)9-10-23/h1-2,5-6,19,24H,3-4,7-14H2,(H,25,26). The molecule has 4 aliphatic rings. The minimum absolute atomic E-state index is 0.0710. The zero-order valence-electron chi connectivity index (χ0n) is 17.1. The van der Waals surface area contributed by atoms with Crippen molar-refractivity contribution in [2.45, 2.75) is 63.1 Å². The third-order valence-corrected chi connectivity index (χ3v) is 7.43. The van der Waals surface area contributed by atoms with Gasteiger partial charge in [0.2, 0.25) is 5.91 Å². The van der Waals surface area contributed by atoms with E-state index in [1.807, 2.05) is 23.1 Å². The molecule has 7 heteroatoms. The van der Waals surface area contributed by atoms with Crippen LogP contribution in [0.25, 0.3) is 0 Å². The number of hydrogen-bond donors (Lipinski definition) is 2. The number of nitrogens with one attached hydrogen (secondary N) is 2. The van der Waals surface area contributed by atoms with E-state index in [1.54, 1.807) is 0 Å². The first kappa shape index (κ1) is 18.0. The summed E-state index contributed by atoms with van der Waals surface area (Å²) in [4.78, 5) is 30.6. The second-order valence-corrected chi connectivity index (χ2v) is 9.23. The Hall–Kier alpha value is -2.83. The van der Waals surface area contributed by atoms with Crippen molar-refractivity contribution in [1.29, 1.82) is 0 Å². The Balaban J connectivity index is 1.21. The predicted octanol–water partition coefficient (Wildman–Crippen LogP) is 2.49. The van der Waals surface area contributed by atoms with Crippen molar-refractivity contribution in [1.82, 2.24) is 20.0 Å². The number of hydrogen-bond acceptors (Lipinski definition) is 4.